The molecular weight excluding hydrogens is 350 g/mol. The van der Waals surface area contributed by atoms with E-state index < -0.39 is 0 Å². The topological polar surface area (TPSA) is 57.4 Å². The van der Waals surface area contributed by atoms with E-state index in [-0.39, 0.29) is 0 Å². The van der Waals surface area contributed by atoms with E-state index >= 15 is 0 Å². The third kappa shape index (κ3) is 4.14. The first-order valence-electron chi connectivity index (χ1n) is 10.7. The molecule has 2 aromatic rings. The van der Waals surface area contributed by atoms with Crippen LogP contribution in [0, 0.1) is 11.3 Å². The van der Waals surface area contributed by atoms with Gasteiger partial charge in [0.05, 0.1) is 12.2 Å². The molecule has 4 rings (SSSR count). The average Bonchev–Trinajstić information content (AvgIpc) is 3.19. The highest BCUT2D eigenvalue weighted by Crippen LogP contribution is 2.45. The van der Waals surface area contributed by atoms with Crippen LogP contribution in [0.15, 0.2) is 36.8 Å². The molecule has 0 saturated carbocycles. The third-order valence-electron chi connectivity index (χ3n) is 6.96. The number of aliphatic hydroxyl groups is 1. The molecule has 1 atom stereocenters. The van der Waals surface area contributed by atoms with Crippen molar-refractivity contribution in [2.75, 3.05) is 32.8 Å². The van der Waals surface area contributed by atoms with Crippen molar-refractivity contribution in [1.82, 2.24) is 24.3 Å². The van der Waals surface area contributed by atoms with E-state index in [1.165, 1.54) is 25.1 Å². The summed E-state index contributed by atoms with van der Waals surface area (Å²) in [6.45, 7) is 9.55. The molecule has 0 unspecified atom stereocenters. The molecular formula is C22H33N5O. The fourth-order valence-corrected chi connectivity index (χ4v) is 5.09. The van der Waals surface area contributed by atoms with Crippen LogP contribution < -0.4 is 0 Å². The minimum atomic E-state index is 0.291. The number of piperidine rings is 2. The highest BCUT2D eigenvalue weighted by molar-refractivity contribution is 5.05. The minimum Gasteiger partial charge on any atom is -0.396 e. The van der Waals surface area contributed by atoms with Crippen LogP contribution in [0.2, 0.25) is 0 Å². The molecule has 0 radical (unpaired) electrons. The number of aromatic nitrogens is 3. The van der Waals surface area contributed by atoms with Gasteiger partial charge >= 0.3 is 0 Å². The van der Waals surface area contributed by atoms with Gasteiger partial charge in [0.1, 0.15) is 5.82 Å². The lowest BCUT2D eigenvalue weighted by molar-refractivity contribution is -0.0456. The highest BCUT2D eigenvalue weighted by atomic mass is 16.3. The van der Waals surface area contributed by atoms with E-state index in [1.54, 1.807) is 0 Å². The Morgan fingerprint density at radius 3 is 2.50 bits per heavy atom. The maximum absolute atomic E-state index is 10.2. The molecule has 0 aromatic carbocycles. The first-order chi connectivity index (χ1) is 13.7. The van der Waals surface area contributed by atoms with Crippen LogP contribution in [0.3, 0.4) is 0 Å². The Morgan fingerprint density at radius 2 is 1.82 bits per heavy atom. The molecule has 2 saturated heterocycles. The Kier molecular flexibility index (Phi) is 6.09. The Hall–Kier alpha value is -1.76. The third-order valence-corrected chi connectivity index (χ3v) is 6.96. The molecule has 0 bridgehead atoms. The molecule has 0 aliphatic carbocycles. The van der Waals surface area contributed by atoms with Gasteiger partial charge in [-0.15, -0.1) is 0 Å². The molecule has 2 aromatic heterocycles. The second kappa shape index (κ2) is 8.72. The van der Waals surface area contributed by atoms with Gasteiger partial charge in [0.2, 0.25) is 0 Å². The summed E-state index contributed by atoms with van der Waals surface area (Å²) in [7, 11) is 0. The smallest absolute Gasteiger partial charge is 0.122 e. The second-order valence-electron chi connectivity index (χ2n) is 8.45. The van der Waals surface area contributed by atoms with Crippen molar-refractivity contribution in [3.05, 3.63) is 48.3 Å². The summed E-state index contributed by atoms with van der Waals surface area (Å²) in [5, 5.41) is 10.2. The summed E-state index contributed by atoms with van der Waals surface area (Å²) < 4.78 is 2.23. The van der Waals surface area contributed by atoms with Crippen LogP contribution in [0.25, 0.3) is 0 Å². The van der Waals surface area contributed by atoms with Gasteiger partial charge in [-0.3, -0.25) is 14.8 Å². The average molecular weight is 384 g/mol. The molecule has 1 N–H and O–H groups in total. The first kappa shape index (κ1) is 19.6. The zero-order valence-electron chi connectivity index (χ0n) is 17.0. The van der Waals surface area contributed by atoms with Crippen LogP contribution in [-0.2, 0) is 19.6 Å². The molecule has 2 fully saturated rings. The van der Waals surface area contributed by atoms with Gasteiger partial charge in [0.25, 0.3) is 0 Å². The van der Waals surface area contributed by atoms with Gasteiger partial charge in [-0.1, -0.05) is 6.07 Å². The zero-order valence-corrected chi connectivity index (χ0v) is 17.0. The van der Waals surface area contributed by atoms with Crippen molar-refractivity contribution in [3.63, 3.8) is 0 Å². The lowest BCUT2D eigenvalue weighted by atomic mass is 9.64. The van der Waals surface area contributed by atoms with Crippen molar-refractivity contribution < 1.29 is 5.11 Å². The Bertz CT molecular complexity index is 738. The van der Waals surface area contributed by atoms with E-state index in [9.17, 15) is 5.11 Å². The van der Waals surface area contributed by atoms with E-state index in [2.05, 4.69) is 49.6 Å². The van der Waals surface area contributed by atoms with E-state index in [4.69, 9.17) is 0 Å². The predicted molar refractivity (Wildman–Crippen MR) is 110 cm³/mol. The number of aliphatic hydroxyl groups excluding tert-OH is 1. The minimum absolute atomic E-state index is 0.291. The second-order valence-corrected chi connectivity index (χ2v) is 8.45. The van der Waals surface area contributed by atoms with Gasteiger partial charge < -0.3 is 9.67 Å². The highest BCUT2D eigenvalue weighted by Gasteiger charge is 2.44. The lowest BCUT2D eigenvalue weighted by Crippen LogP contribution is -2.53. The van der Waals surface area contributed by atoms with Crippen molar-refractivity contribution in [3.8, 4) is 0 Å². The summed E-state index contributed by atoms with van der Waals surface area (Å²) in [5.74, 6) is 1.53. The van der Waals surface area contributed by atoms with Gasteiger partial charge in [-0.05, 0) is 63.4 Å². The van der Waals surface area contributed by atoms with E-state index in [1.807, 2.05) is 18.5 Å². The first-order valence-corrected chi connectivity index (χ1v) is 10.7. The van der Waals surface area contributed by atoms with E-state index in [0.29, 0.717) is 17.9 Å². The standard InChI is InChI=1S/C22H33N5O/c1-2-27-14-10-24-21(27)17-25-11-6-22(7-12-25)8-13-26(15-19(22)18-28)16-20-5-3-4-9-23-20/h3-5,9-10,14,19,28H,2,6-8,11-13,15-18H2,1H3/t19-/m0/s1. The summed E-state index contributed by atoms with van der Waals surface area (Å²) in [4.78, 5) is 14.0. The van der Waals surface area contributed by atoms with Crippen LogP contribution in [0.4, 0.5) is 0 Å². The van der Waals surface area contributed by atoms with Crippen LogP contribution in [-0.4, -0.2) is 62.2 Å². The fourth-order valence-electron chi connectivity index (χ4n) is 5.09. The number of imidazole rings is 1. The maximum atomic E-state index is 10.2. The summed E-state index contributed by atoms with van der Waals surface area (Å²) in [6, 6.07) is 6.11. The van der Waals surface area contributed by atoms with Crippen LogP contribution in [0.1, 0.15) is 37.7 Å². The molecule has 2 aliphatic rings. The largest absolute Gasteiger partial charge is 0.396 e. The quantitative estimate of drug-likeness (QED) is 0.830. The fraction of sp³-hybridized carbons (Fsp3) is 0.636. The van der Waals surface area contributed by atoms with Gasteiger partial charge in [-0.2, -0.15) is 0 Å². The monoisotopic (exact) mass is 383 g/mol. The SMILES string of the molecule is CCn1ccnc1CN1CCC2(CC1)CCN(Cc1ccccn1)C[C@H]2CO. The van der Waals surface area contributed by atoms with Crippen molar-refractivity contribution >= 4 is 0 Å². The number of hydrogen-bond donors (Lipinski definition) is 1. The maximum Gasteiger partial charge on any atom is 0.122 e. The molecule has 2 aliphatic heterocycles. The molecule has 0 amide bonds. The number of aryl methyl sites for hydroxylation is 1. The van der Waals surface area contributed by atoms with Crippen LogP contribution in [0.5, 0.6) is 0 Å². The molecule has 6 nitrogen and oxygen atoms in total. The number of hydrogen-bond acceptors (Lipinski definition) is 5. The molecule has 6 heteroatoms. The van der Waals surface area contributed by atoms with Crippen molar-refractivity contribution in [1.29, 1.82) is 0 Å². The Labute approximate surface area is 168 Å². The molecule has 4 heterocycles. The summed E-state index contributed by atoms with van der Waals surface area (Å²) in [6.07, 6.45) is 9.39. The Morgan fingerprint density at radius 1 is 1.04 bits per heavy atom. The lowest BCUT2D eigenvalue weighted by Gasteiger charge is -2.51. The van der Waals surface area contributed by atoms with Crippen molar-refractivity contribution in [2.24, 2.45) is 11.3 Å². The van der Waals surface area contributed by atoms with Crippen LogP contribution >= 0.6 is 0 Å². The number of likely N-dealkylation sites (tertiary alicyclic amines) is 2. The predicted octanol–water partition coefficient (Wildman–Crippen LogP) is 2.39. The number of pyridine rings is 1. The normalized spacial score (nSPS) is 23.3. The molecule has 28 heavy (non-hydrogen) atoms. The van der Waals surface area contributed by atoms with Gasteiger partial charge in [0, 0.05) is 50.7 Å². The summed E-state index contributed by atoms with van der Waals surface area (Å²) in [5.41, 5.74) is 1.42. The van der Waals surface area contributed by atoms with E-state index in [0.717, 1.165) is 51.5 Å². The van der Waals surface area contributed by atoms with Gasteiger partial charge in [0.15, 0.2) is 0 Å². The molecule has 152 valence electrons. The molecule has 1 spiro atoms. The number of nitrogens with zero attached hydrogens (tertiary/aromatic N) is 5. The summed E-state index contributed by atoms with van der Waals surface area (Å²) >= 11 is 0. The zero-order chi connectivity index (χ0) is 19.4. The Balaban J connectivity index is 1.34. The number of rotatable bonds is 6. The van der Waals surface area contributed by atoms with Gasteiger partial charge in [-0.25, -0.2) is 4.98 Å². The van der Waals surface area contributed by atoms with Crippen molar-refractivity contribution in [2.45, 2.75) is 45.8 Å².